The van der Waals surface area contributed by atoms with Gasteiger partial charge in [-0.05, 0) is 57.1 Å². The first-order valence-corrected chi connectivity index (χ1v) is 9.44. The van der Waals surface area contributed by atoms with E-state index in [0.29, 0.717) is 19.5 Å². The molecule has 3 aliphatic rings. The lowest BCUT2D eigenvalue weighted by atomic mass is 9.96. The van der Waals surface area contributed by atoms with Crippen molar-refractivity contribution in [1.29, 1.82) is 0 Å². The number of fused-ring (bicyclic) bond motifs is 1. The van der Waals surface area contributed by atoms with Gasteiger partial charge in [0.1, 0.15) is 5.54 Å². The fourth-order valence-electron chi connectivity index (χ4n) is 4.48. The van der Waals surface area contributed by atoms with Crippen LogP contribution in [0.15, 0.2) is 24.3 Å². The van der Waals surface area contributed by atoms with Crippen molar-refractivity contribution < 1.29 is 9.59 Å². The van der Waals surface area contributed by atoms with Gasteiger partial charge in [0, 0.05) is 37.6 Å². The summed E-state index contributed by atoms with van der Waals surface area (Å²) in [6.45, 7) is 5.21. The van der Waals surface area contributed by atoms with Crippen molar-refractivity contribution in [2.24, 2.45) is 5.73 Å². The molecule has 3 saturated heterocycles. The Morgan fingerprint density at radius 3 is 2.42 bits per heavy atom. The summed E-state index contributed by atoms with van der Waals surface area (Å²) in [5.74, 6) is -0.392. The molecule has 0 aromatic heterocycles. The minimum Gasteiger partial charge on any atom is -0.370 e. The predicted molar refractivity (Wildman–Crippen MR) is 101 cm³/mol. The molecule has 26 heavy (non-hydrogen) atoms. The lowest BCUT2D eigenvalue weighted by molar-refractivity contribution is -0.125. The second kappa shape index (κ2) is 6.46. The van der Waals surface area contributed by atoms with Gasteiger partial charge in [0.15, 0.2) is 0 Å². The van der Waals surface area contributed by atoms with Crippen LogP contribution in [-0.2, 0) is 4.79 Å². The zero-order valence-electron chi connectivity index (χ0n) is 15.4. The van der Waals surface area contributed by atoms with Gasteiger partial charge in [-0.3, -0.25) is 9.69 Å². The third-order valence-electron chi connectivity index (χ3n) is 6.07. The Balaban J connectivity index is 1.52. The van der Waals surface area contributed by atoms with E-state index in [1.807, 2.05) is 12.1 Å². The van der Waals surface area contributed by atoms with Crippen molar-refractivity contribution >= 4 is 23.3 Å². The standard InChI is InChI=1S/C19H27N5O2/c1-21-9-3-10-22(13-12-21)15-4-6-16(7-5-15)23-14-19(17(20)25)8-2-11-24(19)18(23)26/h4-7H,2-3,8-14H2,1H3,(H2,20,25)/t19-/m1/s1. The number of benzene rings is 1. The molecule has 0 bridgehead atoms. The number of anilines is 2. The Hall–Kier alpha value is -2.28. The normalized spacial score (nSPS) is 27.0. The summed E-state index contributed by atoms with van der Waals surface area (Å²) in [6.07, 6.45) is 2.65. The van der Waals surface area contributed by atoms with Gasteiger partial charge in [-0.2, -0.15) is 0 Å². The summed E-state index contributed by atoms with van der Waals surface area (Å²) in [5.41, 5.74) is 6.84. The van der Waals surface area contributed by atoms with Gasteiger partial charge < -0.3 is 20.4 Å². The van der Waals surface area contributed by atoms with Crippen molar-refractivity contribution in [2.45, 2.75) is 24.8 Å². The number of hydrogen-bond donors (Lipinski definition) is 1. The summed E-state index contributed by atoms with van der Waals surface area (Å²) in [6, 6.07) is 8.02. The Kier molecular flexibility index (Phi) is 4.26. The minimum absolute atomic E-state index is 0.106. The van der Waals surface area contributed by atoms with Crippen molar-refractivity contribution in [2.75, 3.05) is 56.1 Å². The van der Waals surface area contributed by atoms with E-state index in [9.17, 15) is 9.59 Å². The van der Waals surface area contributed by atoms with E-state index in [1.54, 1.807) is 9.80 Å². The Bertz CT molecular complexity index is 706. The molecular formula is C19H27N5O2. The van der Waals surface area contributed by atoms with E-state index in [0.717, 1.165) is 44.7 Å². The smallest absolute Gasteiger partial charge is 0.325 e. The van der Waals surface area contributed by atoms with Crippen LogP contribution in [0.3, 0.4) is 0 Å². The topological polar surface area (TPSA) is 73.1 Å². The number of likely N-dealkylation sites (N-methyl/N-ethyl adjacent to an activating group) is 1. The molecule has 4 rings (SSSR count). The van der Waals surface area contributed by atoms with E-state index >= 15 is 0 Å². The van der Waals surface area contributed by atoms with Gasteiger partial charge in [0.05, 0.1) is 6.54 Å². The third kappa shape index (κ3) is 2.70. The first-order chi connectivity index (χ1) is 12.5. The van der Waals surface area contributed by atoms with Crippen molar-refractivity contribution in [3.8, 4) is 0 Å². The molecule has 3 fully saturated rings. The molecular weight excluding hydrogens is 330 g/mol. The van der Waals surface area contributed by atoms with Gasteiger partial charge in [-0.25, -0.2) is 4.79 Å². The van der Waals surface area contributed by atoms with Crippen LogP contribution in [0.25, 0.3) is 0 Å². The highest BCUT2D eigenvalue weighted by atomic mass is 16.2. The van der Waals surface area contributed by atoms with Crippen molar-refractivity contribution in [1.82, 2.24) is 9.80 Å². The molecule has 1 atom stereocenters. The number of carbonyl (C=O) groups is 2. The Morgan fingerprint density at radius 2 is 1.73 bits per heavy atom. The molecule has 0 aliphatic carbocycles. The van der Waals surface area contributed by atoms with Crippen LogP contribution in [0.5, 0.6) is 0 Å². The van der Waals surface area contributed by atoms with Gasteiger partial charge in [0.25, 0.3) is 0 Å². The van der Waals surface area contributed by atoms with E-state index in [1.165, 1.54) is 5.69 Å². The second-order valence-electron chi connectivity index (χ2n) is 7.68. The second-order valence-corrected chi connectivity index (χ2v) is 7.68. The zero-order chi connectivity index (χ0) is 18.3. The number of amides is 3. The molecule has 1 aromatic rings. The summed E-state index contributed by atoms with van der Waals surface area (Å²) >= 11 is 0. The number of nitrogens with two attached hydrogens (primary N) is 1. The van der Waals surface area contributed by atoms with Crippen molar-refractivity contribution in [3.05, 3.63) is 24.3 Å². The van der Waals surface area contributed by atoms with E-state index in [2.05, 4.69) is 29.0 Å². The quantitative estimate of drug-likeness (QED) is 0.879. The van der Waals surface area contributed by atoms with Crippen LogP contribution in [0, 0.1) is 0 Å². The first kappa shape index (κ1) is 17.1. The average Bonchev–Trinajstić information content (AvgIpc) is 3.09. The fourth-order valence-corrected chi connectivity index (χ4v) is 4.48. The third-order valence-corrected chi connectivity index (χ3v) is 6.07. The molecule has 2 N–H and O–H groups in total. The molecule has 1 aromatic carbocycles. The Morgan fingerprint density at radius 1 is 1.00 bits per heavy atom. The fraction of sp³-hybridized carbons (Fsp3) is 0.579. The molecule has 0 unspecified atom stereocenters. The maximum atomic E-state index is 12.8. The number of hydrogen-bond acceptors (Lipinski definition) is 4. The van der Waals surface area contributed by atoms with Crippen LogP contribution in [0.1, 0.15) is 19.3 Å². The van der Waals surface area contributed by atoms with Gasteiger partial charge in [-0.15, -0.1) is 0 Å². The first-order valence-electron chi connectivity index (χ1n) is 9.44. The number of nitrogens with zero attached hydrogens (tertiary/aromatic N) is 4. The van der Waals surface area contributed by atoms with Gasteiger partial charge in [0.2, 0.25) is 5.91 Å². The zero-order valence-corrected chi connectivity index (χ0v) is 15.4. The molecule has 0 spiro atoms. The highest BCUT2D eigenvalue weighted by Gasteiger charge is 2.56. The van der Waals surface area contributed by atoms with Crippen LogP contribution >= 0.6 is 0 Å². The summed E-state index contributed by atoms with van der Waals surface area (Å²) in [7, 11) is 2.16. The predicted octanol–water partition coefficient (Wildman–Crippen LogP) is 1.09. The lowest BCUT2D eigenvalue weighted by Crippen LogP contribution is -2.52. The molecule has 0 saturated carbocycles. The number of rotatable bonds is 3. The molecule has 3 heterocycles. The highest BCUT2D eigenvalue weighted by Crippen LogP contribution is 2.38. The largest absolute Gasteiger partial charge is 0.370 e. The highest BCUT2D eigenvalue weighted by molar-refractivity contribution is 6.03. The van der Waals surface area contributed by atoms with Crippen LogP contribution < -0.4 is 15.5 Å². The number of carbonyl (C=O) groups excluding carboxylic acids is 2. The lowest BCUT2D eigenvalue weighted by Gasteiger charge is -2.25. The Labute approximate surface area is 154 Å². The summed E-state index contributed by atoms with van der Waals surface area (Å²) < 4.78 is 0. The molecule has 3 aliphatic heterocycles. The van der Waals surface area contributed by atoms with Crippen molar-refractivity contribution in [3.63, 3.8) is 0 Å². The maximum Gasteiger partial charge on any atom is 0.325 e. The van der Waals surface area contributed by atoms with Crippen LogP contribution in [-0.4, -0.2) is 73.6 Å². The van der Waals surface area contributed by atoms with Crippen LogP contribution in [0.4, 0.5) is 16.2 Å². The minimum atomic E-state index is -0.828. The molecule has 7 nitrogen and oxygen atoms in total. The van der Waals surface area contributed by atoms with Crippen LogP contribution in [0.2, 0.25) is 0 Å². The maximum absolute atomic E-state index is 12.8. The summed E-state index contributed by atoms with van der Waals surface area (Å²) in [5, 5.41) is 0. The number of urea groups is 1. The van der Waals surface area contributed by atoms with Gasteiger partial charge >= 0.3 is 6.03 Å². The molecule has 140 valence electrons. The van der Waals surface area contributed by atoms with Gasteiger partial charge in [-0.1, -0.05) is 0 Å². The molecule has 0 radical (unpaired) electrons. The number of primary amides is 1. The van der Waals surface area contributed by atoms with E-state index in [4.69, 9.17) is 5.73 Å². The molecule has 3 amide bonds. The molecule has 7 heteroatoms. The average molecular weight is 357 g/mol. The monoisotopic (exact) mass is 357 g/mol. The SMILES string of the molecule is CN1CCCN(c2ccc(N3C[C@@]4(C(N)=O)CCCN4C3=O)cc2)CC1. The van der Waals surface area contributed by atoms with E-state index in [-0.39, 0.29) is 6.03 Å². The van der Waals surface area contributed by atoms with E-state index < -0.39 is 11.4 Å². The summed E-state index contributed by atoms with van der Waals surface area (Å²) in [4.78, 5) is 32.9.